The van der Waals surface area contributed by atoms with Crippen molar-refractivity contribution in [3.63, 3.8) is 0 Å². The maximum Gasteiger partial charge on any atom is 0.0518 e. The number of rotatable bonds is 6. The van der Waals surface area contributed by atoms with Crippen LogP contribution in [0.25, 0.3) is 21.8 Å². The molecule has 6 heteroatoms. The van der Waals surface area contributed by atoms with Gasteiger partial charge in [-0.3, -0.25) is 0 Å². The van der Waals surface area contributed by atoms with Crippen LogP contribution in [0, 0.1) is 6.92 Å². The van der Waals surface area contributed by atoms with Crippen LogP contribution < -0.4 is 16.4 Å². The highest BCUT2D eigenvalue weighted by Gasteiger charge is 2.13. The van der Waals surface area contributed by atoms with Gasteiger partial charge >= 0.3 is 0 Å². The average molecular weight is 413 g/mol. The lowest BCUT2D eigenvalue weighted by atomic mass is 10.0. The zero-order valence-corrected chi connectivity index (χ0v) is 17.1. The van der Waals surface area contributed by atoms with Crippen molar-refractivity contribution in [1.82, 2.24) is 10.3 Å². The van der Waals surface area contributed by atoms with Crippen molar-refractivity contribution < 1.29 is 0 Å². The number of halogens is 2. The zero-order chi connectivity index (χ0) is 19.7. The fourth-order valence-corrected chi connectivity index (χ4v) is 3.87. The molecule has 1 aromatic heterocycles. The molecule has 0 saturated carbocycles. The Morgan fingerprint density at radius 1 is 1.00 bits per heavy atom. The second kappa shape index (κ2) is 8.02. The minimum atomic E-state index is 0.453. The van der Waals surface area contributed by atoms with Crippen LogP contribution in [0.2, 0.25) is 10.0 Å². The predicted molar refractivity (Wildman–Crippen MR) is 121 cm³/mol. The molecule has 0 saturated heterocycles. The number of aromatic amines is 1. The molecule has 4 aromatic rings. The maximum atomic E-state index is 6.30. The van der Waals surface area contributed by atoms with Gasteiger partial charge in [-0.25, -0.2) is 0 Å². The quantitative estimate of drug-likeness (QED) is 0.241. The lowest BCUT2D eigenvalue weighted by molar-refractivity contribution is 0.703. The smallest absolute Gasteiger partial charge is 0.0518 e. The Morgan fingerprint density at radius 2 is 1.86 bits per heavy atom. The molecule has 4 rings (SSSR count). The Morgan fingerprint density at radius 3 is 2.64 bits per heavy atom. The number of benzene rings is 3. The Kier molecular flexibility index (Phi) is 5.47. The molecule has 144 valence electrons. The standard InChI is InChI=1S/C22H22Cl2N4/c1-13-2-4-15(11-19(13)24)27-20-7-5-16-18-10-14(23)3-6-21(18)28-22(16)17(20)8-9-26-12-25/h2-7,10-11,26-28H,8-9,12,25H2,1H3. The topological polar surface area (TPSA) is 65.9 Å². The fraction of sp³-hybridized carbons (Fsp3) is 0.182. The summed E-state index contributed by atoms with van der Waals surface area (Å²) in [6.07, 6.45) is 0.830. The summed E-state index contributed by atoms with van der Waals surface area (Å²) in [4.78, 5) is 3.56. The summed E-state index contributed by atoms with van der Waals surface area (Å²) in [5.74, 6) is 0. The monoisotopic (exact) mass is 412 g/mol. The molecular formula is C22H22Cl2N4. The molecule has 0 aliphatic rings. The van der Waals surface area contributed by atoms with E-state index >= 15 is 0 Å². The highest BCUT2D eigenvalue weighted by Crippen LogP contribution is 2.35. The molecule has 5 N–H and O–H groups in total. The second-order valence-corrected chi connectivity index (χ2v) is 7.72. The van der Waals surface area contributed by atoms with Gasteiger partial charge in [0.15, 0.2) is 0 Å². The van der Waals surface area contributed by atoms with Gasteiger partial charge < -0.3 is 21.4 Å². The highest BCUT2D eigenvalue weighted by molar-refractivity contribution is 6.32. The van der Waals surface area contributed by atoms with E-state index in [1.165, 1.54) is 5.56 Å². The number of aromatic nitrogens is 1. The molecule has 0 fully saturated rings. The molecule has 0 bridgehead atoms. The Hall–Kier alpha value is -2.24. The van der Waals surface area contributed by atoms with Crippen LogP contribution in [0.4, 0.5) is 11.4 Å². The van der Waals surface area contributed by atoms with E-state index < -0.39 is 0 Å². The van der Waals surface area contributed by atoms with Crippen LogP contribution in [-0.4, -0.2) is 18.2 Å². The summed E-state index contributed by atoms with van der Waals surface area (Å²) < 4.78 is 0. The molecule has 1 heterocycles. The number of aryl methyl sites for hydroxylation is 1. The third-order valence-corrected chi connectivity index (χ3v) is 5.63. The summed E-state index contributed by atoms with van der Waals surface area (Å²) >= 11 is 12.5. The van der Waals surface area contributed by atoms with Crippen LogP contribution >= 0.6 is 23.2 Å². The Balaban J connectivity index is 1.83. The summed E-state index contributed by atoms with van der Waals surface area (Å²) in [6.45, 7) is 3.24. The van der Waals surface area contributed by atoms with Gasteiger partial charge in [0.05, 0.1) is 5.52 Å². The highest BCUT2D eigenvalue weighted by atomic mass is 35.5. The van der Waals surface area contributed by atoms with E-state index in [-0.39, 0.29) is 0 Å². The van der Waals surface area contributed by atoms with Crippen molar-refractivity contribution in [2.75, 3.05) is 18.5 Å². The number of hydrogen-bond donors (Lipinski definition) is 4. The van der Waals surface area contributed by atoms with Crippen LogP contribution in [0.5, 0.6) is 0 Å². The van der Waals surface area contributed by atoms with E-state index in [1.807, 2.05) is 43.3 Å². The summed E-state index contributed by atoms with van der Waals surface area (Å²) in [6, 6.07) is 16.2. The van der Waals surface area contributed by atoms with Gasteiger partial charge in [-0.1, -0.05) is 35.3 Å². The SMILES string of the molecule is Cc1ccc(Nc2ccc3c([nH]c4ccc(Cl)cc43)c2CCNCN)cc1Cl. The molecule has 0 aliphatic carbocycles. The fourth-order valence-electron chi connectivity index (χ4n) is 3.52. The van der Waals surface area contributed by atoms with Crippen molar-refractivity contribution in [2.24, 2.45) is 5.73 Å². The first-order valence-electron chi connectivity index (χ1n) is 9.23. The Bertz CT molecular complexity index is 1150. The average Bonchev–Trinajstić information content (AvgIpc) is 3.04. The second-order valence-electron chi connectivity index (χ2n) is 6.87. The van der Waals surface area contributed by atoms with Gasteiger partial charge in [-0.15, -0.1) is 0 Å². The molecule has 28 heavy (non-hydrogen) atoms. The summed E-state index contributed by atoms with van der Waals surface area (Å²) in [5.41, 5.74) is 12.1. The van der Waals surface area contributed by atoms with Crippen LogP contribution in [0.3, 0.4) is 0 Å². The van der Waals surface area contributed by atoms with E-state index in [0.29, 0.717) is 6.67 Å². The molecular weight excluding hydrogens is 391 g/mol. The van der Waals surface area contributed by atoms with E-state index in [4.69, 9.17) is 28.9 Å². The van der Waals surface area contributed by atoms with Crippen LogP contribution in [0.1, 0.15) is 11.1 Å². The third-order valence-electron chi connectivity index (χ3n) is 4.99. The molecule has 0 radical (unpaired) electrons. The zero-order valence-electron chi connectivity index (χ0n) is 15.6. The van der Waals surface area contributed by atoms with Gasteiger partial charge in [-0.2, -0.15) is 0 Å². The number of nitrogens with one attached hydrogen (secondary N) is 3. The number of nitrogens with two attached hydrogens (primary N) is 1. The first kappa shape index (κ1) is 19.1. The van der Waals surface area contributed by atoms with Gasteiger partial charge in [0, 0.05) is 56.5 Å². The molecule has 0 aliphatic heterocycles. The largest absolute Gasteiger partial charge is 0.355 e. The molecule has 0 amide bonds. The van der Waals surface area contributed by atoms with E-state index in [1.54, 1.807) is 0 Å². The molecule has 3 aromatic carbocycles. The maximum absolute atomic E-state index is 6.30. The number of anilines is 2. The minimum absolute atomic E-state index is 0.453. The van der Waals surface area contributed by atoms with E-state index in [9.17, 15) is 0 Å². The number of fused-ring (bicyclic) bond motifs is 3. The first-order valence-corrected chi connectivity index (χ1v) is 9.99. The molecule has 0 spiro atoms. The molecule has 0 atom stereocenters. The Labute approximate surface area is 174 Å². The van der Waals surface area contributed by atoms with Crippen LogP contribution in [0.15, 0.2) is 48.5 Å². The van der Waals surface area contributed by atoms with Crippen molar-refractivity contribution in [2.45, 2.75) is 13.3 Å². The summed E-state index contributed by atoms with van der Waals surface area (Å²) in [5, 5.41) is 10.5. The predicted octanol–water partition coefficient (Wildman–Crippen LogP) is 5.73. The van der Waals surface area contributed by atoms with Gasteiger partial charge in [0.1, 0.15) is 0 Å². The minimum Gasteiger partial charge on any atom is -0.355 e. The van der Waals surface area contributed by atoms with Gasteiger partial charge in [-0.05, 0) is 55.3 Å². The van der Waals surface area contributed by atoms with Crippen molar-refractivity contribution in [3.05, 3.63) is 69.7 Å². The van der Waals surface area contributed by atoms with E-state index in [2.05, 4.69) is 27.8 Å². The number of hydrogen-bond acceptors (Lipinski definition) is 3. The van der Waals surface area contributed by atoms with Crippen molar-refractivity contribution in [3.8, 4) is 0 Å². The number of H-pyrrole nitrogens is 1. The molecule has 4 nitrogen and oxygen atoms in total. The third kappa shape index (κ3) is 3.69. The lowest BCUT2D eigenvalue weighted by Crippen LogP contribution is -2.24. The van der Waals surface area contributed by atoms with Crippen LogP contribution in [-0.2, 0) is 6.42 Å². The first-order chi connectivity index (χ1) is 13.6. The van der Waals surface area contributed by atoms with Gasteiger partial charge in [0.25, 0.3) is 0 Å². The lowest BCUT2D eigenvalue weighted by Gasteiger charge is -2.14. The van der Waals surface area contributed by atoms with Crippen molar-refractivity contribution >= 4 is 56.4 Å². The van der Waals surface area contributed by atoms with Crippen molar-refractivity contribution in [1.29, 1.82) is 0 Å². The van der Waals surface area contributed by atoms with Gasteiger partial charge in [0.2, 0.25) is 0 Å². The normalized spacial score (nSPS) is 11.4. The molecule has 0 unspecified atom stereocenters. The summed E-state index contributed by atoms with van der Waals surface area (Å²) in [7, 11) is 0. The van der Waals surface area contributed by atoms with E-state index in [0.717, 1.165) is 61.8 Å².